The molecule has 0 aliphatic heterocycles. The van der Waals surface area contributed by atoms with E-state index in [1.54, 1.807) is 0 Å². The van der Waals surface area contributed by atoms with Crippen LogP contribution in [0.3, 0.4) is 0 Å². The number of hydrogen-bond donors (Lipinski definition) is 2. The van der Waals surface area contributed by atoms with Crippen molar-refractivity contribution in [1.82, 2.24) is 10.2 Å². The first-order valence-corrected chi connectivity index (χ1v) is 6.82. The van der Waals surface area contributed by atoms with Crippen LogP contribution in [0.2, 0.25) is 0 Å². The second-order valence-electron chi connectivity index (χ2n) is 4.71. The predicted molar refractivity (Wildman–Crippen MR) is 77.1 cm³/mol. The van der Waals surface area contributed by atoms with Crippen LogP contribution in [0.25, 0.3) is 0 Å². The van der Waals surface area contributed by atoms with Gasteiger partial charge in [-0.3, -0.25) is 9.69 Å². The maximum Gasteiger partial charge on any atom is 0.234 e. The van der Waals surface area contributed by atoms with E-state index < -0.39 is 0 Å². The van der Waals surface area contributed by atoms with E-state index in [1.807, 2.05) is 30.0 Å². The molecule has 2 N–H and O–H groups in total. The van der Waals surface area contributed by atoms with E-state index >= 15 is 0 Å². The highest BCUT2D eigenvalue weighted by molar-refractivity contribution is 5.78. The first-order chi connectivity index (χ1) is 9.17. The van der Waals surface area contributed by atoms with Gasteiger partial charge in [-0.05, 0) is 18.0 Å². The summed E-state index contributed by atoms with van der Waals surface area (Å²) < 4.78 is 0. The maximum atomic E-state index is 11.8. The monoisotopic (exact) mass is 264 g/mol. The molecule has 4 heteroatoms. The molecule has 0 saturated heterocycles. The minimum Gasteiger partial charge on any atom is -0.395 e. The van der Waals surface area contributed by atoms with Gasteiger partial charge in [-0.15, -0.1) is 0 Å². The third-order valence-corrected chi connectivity index (χ3v) is 3.20. The molecule has 19 heavy (non-hydrogen) atoms. The summed E-state index contributed by atoms with van der Waals surface area (Å²) in [6.07, 6.45) is 0. The number of hydrogen-bond acceptors (Lipinski definition) is 3. The van der Waals surface area contributed by atoms with Crippen molar-refractivity contribution in [2.24, 2.45) is 0 Å². The number of nitrogens with one attached hydrogen (secondary N) is 1. The Bertz CT molecular complexity index is 368. The molecule has 0 saturated carbocycles. The van der Waals surface area contributed by atoms with Gasteiger partial charge in [0.2, 0.25) is 5.91 Å². The number of aliphatic hydroxyl groups is 1. The molecule has 0 bridgehead atoms. The van der Waals surface area contributed by atoms with Crippen LogP contribution in [0, 0.1) is 0 Å². The highest BCUT2D eigenvalue weighted by Gasteiger charge is 2.10. The molecule has 4 nitrogen and oxygen atoms in total. The minimum atomic E-state index is 0.0121. The van der Waals surface area contributed by atoms with Crippen molar-refractivity contribution < 1.29 is 9.90 Å². The van der Waals surface area contributed by atoms with Crippen molar-refractivity contribution in [2.75, 3.05) is 32.8 Å². The average molecular weight is 264 g/mol. The van der Waals surface area contributed by atoms with Crippen LogP contribution in [-0.4, -0.2) is 48.7 Å². The van der Waals surface area contributed by atoms with Gasteiger partial charge < -0.3 is 10.4 Å². The zero-order valence-electron chi connectivity index (χ0n) is 11.8. The van der Waals surface area contributed by atoms with Crippen LogP contribution >= 0.6 is 0 Å². The highest BCUT2D eigenvalue weighted by Crippen LogP contribution is 2.12. The smallest absolute Gasteiger partial charge is 0.234 e. The summed E-state index contributed by atoms with van der Waals surface area (Å²) in [6.45, 7) is 6.45. The van der Waals surface area contributed by atoms with Gasteiger partial charge in [0.25, 0.3) is 0 Å². The lowest BCUT2D eigenvalue weighted by molar-refractivity contribution is -0.122. The molecule has 1 amide bonds. The van der Waals surface area contributed by atoms with E-state index in [4.69, 9.17) is 5.11 Å². The summed E-state index contributed by atoms with van der Waals surface area (Å²) in [5, 5.41) is 11.8. The average Bonchev–Trinajstić information content (AvgIpc) is 2.45. The number of carbonyl (C=O) groups excluding carboxylic acids is 1. The Morgan fingerprint density at radius 3 is 2.63 bits per heavy atom. The van der Waals surface area contributed by atoms with Crippen LogP contribution in [0.4, 0.5) is 0 Å². The molecular weight excluding hydrogens is 240 g/mol. The summed E-state index contributed by atoms with van der Waals surface area (Å²) in [5.41, 5.74) is 1.23. The van der Waals surface area contributed by atoms with E-state index in [0.717, 1.165) is 6.54 Å². The summed E-state index contributed by atoms with van der Waals surface area (Å²) >= 11 is 0. The Hall–Kier alpha value is -1.39. The zero-order chi connectivity index (χ0) is 14.1. The van der Waals surface area contributed by atoms with Crippen molar-refractivity contribution >= 4 is 5.91 Å². The number of nitrogens with zero attached hydrogens (tertiary/aromatic N) is 1. The SMILES string of the molecule is CCN(CCO)CC(=O)NCC(C)c1ccccc1. The molecule has 1 aromatic rings. The maximum absolute atomic E-state index is 11.8. The fourth-order valence-corrected chi connectivity index (χ4v) is 1.92. The van der Waals surface area contributed by atoms with Crippen LogP contribution in [0.1, 0.15) is 25.3 Å². The Labute approximate surface area is 115 Å². The van der Waals surface area contributed by atoms with E-state index in [-0.39, 0.29) is 12.5 Å². The molecule has 106 valence electrons. The Kier molecular flexibility index (Phi) is 7.15. The first kappa shape index (κ1) is 15.7. The van der Waals surface area contributed by atoms with Crippen molar-refractivity contribution in [3.05, 3.63) is 35.9 Å². The molecule has 0 aromatic heterocycles. The second kappa shape index (κ2) is 8.67. The van der Waals surface area contributed by atoms with E-state index in [2.05, 4.69) is 24.4 Å². The third-order valence-electron chi connectivity index (χ3n) is 3.20. The van der Waals surface area contributed by atoms with E-state index in [0.29, 0.717) is 25.6 Å². The Morgan fingerprint density at radius 2 is 2.05 bits per heavy atom. The molecule has 0 heterocycles. The molecule has 0 fully saturated rings. The van der Waals surface area contributed by atoms with Gasteiger partial charge in [-0.25, -0.2) is 0 Å². The zero-order valence-corrected chi connectivity index (χ0v) is 11.8. The molecule has 0 radical (unpaired) electrons. The summed E-state index contributed by atoms with van der Waals surface area (Å²) in [7, 11) is 0. The molecule has 1 unspecified atom stereocenters. The number of carbonyl (C=O) groups is 1. The number of aliphatic hydroxyl groups excluding tert-OH is 1. The van der Waals surface area contributed by atoms with Gasteiger partial charge in [0.1, 0.15) is 0 Å². The molecule has 0 aliphatic carbocycles. The normalized spacial score (nSPS) is 12.4. The number of amides is 1. The summed E-state index contributed by atoms with van der Waals surface area (Å²) in [4.78, 5) is 13.7. The fourth-order valence-electron chi connectivity index (χ4n) is 1.92. The van der Waals surface area contributed by atoms with Crippen molar-refractivity contribution in [3.63, 3.8) is 0 Å². The van der Waals surface area contributed by atoms with Gasteiger partial charge in [0.05, 0.1) is 13.2 Å². The van der Waals surface area contributed by atoms with Crippen molar-refractivity contribution in [1.29, 1.82) is 0 Å². The summed E-state index contributed by atoms with van der Waals surface area (Å²) in [5.74, 6) is 0.316. The largest absolute Gasteiger partial charge is 0.395 e. The third kappa shape index (κ3) is 5.85. The Morgan fingerprint density at radius 1 is 1.37 bits per heavy atom. The van der Waals surface area contributed by atoms with Crippen LogP contribution in [-0.2, 0) is 4.79 Å². The van der Waals surface area contributed by atoms with Gasteiger partial charge in [0, 0.05) is 13.1 Å². The van der Waals surface area contributed by atoms with Crippen LogP contribution in [0.5, 0.6) is 0 Å². The Balaban J connectivity index is 2.33. The lowest BCUT2D eigenvalue weighted by atomic mass is 10.0. The highest BCUT2D eigenvalue weighted by atomic mass is 16.3. The number of benzene rings is 1. The molecule has 0 aliphatic rings. The molecule has 1 aromatic carbocycles. The van der Waals surface area contributed by atoms with E-state index in [9.17, 15) is 4.79 Å². The molecule has 1 atom stereocenters. The topological polar surface area (TPSA) is 52.6 Å². The predicted octanol–water partition coefficient (Wildman–Crippen LogP) is 1.22. The van der Waals surface area contributed by atoms with Crippen molar-refractivity contribution in [3.8, 4) is 0 Å². The molecule has 0 spiro atoms. The molecular formula is C15H24N2O2. The van der Waals surface area contributed by atoms with Gasteiger partial charge >= 0.3 is 0 Å². The second-order valence-corrected chi connectivity index (χ2v) is 4.71. The van der Waals surface area contributed by atoms with Gasteiger partial charge in [-0.2, -0.15) is 0 Å². The van der Waals surface area contributed by atoms with Crippen LogP contribution in [0.15, 0.2) is 30.3 Å². The summed E-state index contributed by atoms with van der Waals surface area (Å²) in [6, 6.07) is 10.1. The number of rotatable bonds is 8. The van der Waals surface area contributed by atoms with Crippen LogP contribution < -0.4 is 5.32 Å². The first-order valence-electron chi connectivity index (χ1n) is 6.82. The molecule has 1 rings (SSSR count). The van der Waals surface area contributed by atoms with Gasteiger partial charge in [-0.1, -0.05) is 44.2 Å². The lowest BCUT2D eigenvalue weighted by Gasteiger charge is -2.19. The minimum absolute atomic E-state index is 0.0121. The lowest BCUT2D eigenvalue weighted by Crippen LogP contribution is -2.39. The standard InChI is InChI=1S/C15H24N2O2/c1-3-17(9-10-18)12-15(19)16-11-13(2)14-7-5-4-6-8-14/h4-8,13,18H,3,9-12H2,1-2H3,(H,16,19). The van der Waals surface area contributed by atoms with E-state index in [1.165, 1.54) is 5.56 Å². The van der Waals surface area contributed by atoms with Crippen molar-refractivity contribution in [2.45, 2.75) is 19.8 Å². The number of likely N-dealkylation sites (N-methyl/N-ethyl adjacent to an activating group) is 1. The quantitative estimate of drug-likeness (QED) is 0.742. The van der Waals surface area contributed by atoms with Gasteiger partial charge in [0.15, 0.2) is 0 Å². The fraction of sp³-hybridized carbons (Fsp3) is 0.533.